The SMILES string of the molecule is CC.Cc1c(C2CCOCC2)n(-c2ccc(F)cc2)c2cc3cnn(S(=O)c4ccccc4)c3cc12. The van der Waals surface area contributed by atoms with Gasteiger partial charge in [-0.1, -0.05) is 32.0 Å². The average Bonchev–Trinajstić information content (AvgIpc) is 3.48. The van der Waals surface area contributed by atoms with Crippen molar-refractivity contribution in [3.8, 4) is 5.69 Å². The Morgan fingerprint density at radius 3 is 2.36 bits per heavy atom. The molecule has 0 aliphatic carbocycles. The van der Waals surface area contributed by atoms with Crippen molar-refractivity contribution < 1.29 is 13.3 Å². The van der Waals surface area contributed by atoms with Crippen LogP contribution in [-0.2, 0) is 15.7 Å². The minimum Gasteiger partial charge on any atom is -0.381 e. The van der Waals surface area contributed by atoms with Crippen molar-refractivity contribution in [1.29, 1.82) is 0 Å². The molecule has 5 aromatic rings. The van der Waals surface area contributed by atoms with Gasteiger partial charge >= 0.3 is 0 Å². The van der Waals surface area contributed by atoms with Crippen LogP contribution in [0.3, 0.4) is 0 Å². The first-order valence-corrected chi connectivity index (χ1v) is 13.6. The van der Waals surface area contributed by atoms with Crippen molar-refractivity contribution in [2.75, 3.05) is 13.2 Å². The van der Waals surface area contributed by atoms with Crippen molar-refractivity contribution >= 4 is 32.8 Å². The maximum Gasteiger partial charge on any atom is 0.173 e. The van der Waals surface area contributed by atoms with Crippen LogP contribution in [0.2, 0.25) is 0 Å². The van der Waals surface area contributed by atoms with Crippen molar-refractivity contribution in [1.82, 2.24) is 13.8 Å². The lowest BCUT2D eigenvalue weighted by Gasteiger charge is -2.25. The van der Waals surface area contributed by atoms with E-state index in [0.29, 0.717) is 10.8 Å². The second kappa shape index (κ2) is 10.4. The van der Waals surface area contributed by atoms with Crippen LogP contribution in [0.4, 0.5) is 4.39 Å². The fourth-order valence-corrected chi connectivity index (χ4v) is 6.12. The number of nitrogens with zero attached hydrogens (tertiary/aromatic N) is 3. The summed E-state index contributed by atoms with van der Waals surface area (Å²) in [6.45, 7) is 7.62. The molecule has 1 atom stereocenters. The smallest absolute Gasteiger partial charge is 0.173 e. The molecule has 2 aromatic heterocycles. The lowest BCUT2D eigenvalue weighted by Crippen LogP contribution is -2.17. The zero-order chi connectivity index (χ0) is 25.2. The highest BCUT2D eigenvalue weighted by Gasteiger charge is 2.26. The third-order valence-electron chi connectivity index (χ3n) is 6.72. The van der Waals surface area contributed by atoms with E-state index in [1.54, 1.807) is 10.3 Å². The van der Waals surface area contributed by atoms with E-state index in [2.05, 4.69) is 28.7 Å². The van der Waals surface area contributed by atoms with Gasteiger partial charge in [0.15, 0.2) is 11.0 Å². The molecule has 7 heteroatoms. The Balaban J connectivity index is 0.00000130. The van der Waals surface area contributed by atoms with Crippen LogP contribution in [0, 0.1) is 12.7 Å². The molecule has 0 bridgehead atoms. The van der Waals surface area contributed by atoms with E-state index in [1.807, 2.05) is 56.3 Å². The average molecular weight is 504 g/mol. The first-order valence-electron chi connectivity index (χ1n) is 12.5. The summed E-state index contributed by atoms with van der Waals surface area (Å²) < 4.78 is 36.5. The Morgan fingerprint density at radius 1 is 0.972 bits per heavy atom. The molecule has 3 aromatic carbocycles. The molecular formula is C29H30FN3O2S. The van der Waals surface area contributed by atoms with E-state index in [-0.39, 0.29) is 5.82 Å². The standard InChI is InChI=1S/C27H24FN3O2S.C2H6/c1-18-24-16-25-20(17-29-31(25)34(32)23-5-3-2-4-6-23)15-26(24)30(22-9-7-21(28)8-10-22)27(18)19-11-13-33-14-12-19;1-2/h2-10,15-17,19H,11-14H2,1H3;1-2H3. The molecule has 1 aliphatic heterocycles. The lowest BCUT2D eigenvalue weighted by molar-refractivity contribution is 0.0841. The summed E-state index contributed by atoms with van der Waals surface area (Å²) in [5.74, 6) is 0.0980. The zero-order valence-electron chi connectivity index (χ0n) is 20.8. The first-order chi connectivity index (χ1) is 17.6. The van der Waals surface area contributed by atoms with Gasteiger partial charge in [-0.3, -0.25) is 0 Å². The Hall–Kier alpha value is -3.29. The minimum atomic E-state index is -1.44. The van der Waals surface area contributed by atoms with Crippen molar-refractivity contribution in [2.45, 2.75) is 44.4 Å². The van der Waals surface area contributed by atoms with Gasteiger partial charge in [0.25, 0.3) is 0 Å². The number of aryl methyl sites for hydroxylation is 1. The van der Waals surface area contributed by atoms with Crippen LogP contribution < -0.4 is 0 Å². The highest BCUT2D eigenvalue weighted by molar-refractivity contribution is 7.83. The second-order valence-electron chi connectivity index (χ2n) is 8.72. The van der Waals surface area contributed by atoms with Gasteiger partial charge in [-0.25, -0.2) is 8.60 Å². The number of fused-ring (bicyclic) bond motifs is 2. The Morgan fingerprint density at radius 2 is 1.67 bits per heavy atom. The number of ether oxygens (including phenoxy) is 1. The summed E-state index contributed by atoms with van der Waals surface area (Å²) in [7, 11) is -1.44. The van der Waals surface area contributed by atoms with Crippen molar-refractivity contribution in [2.24, 2.45) is 0 Å². The van der Waals surface area contributed by atoms with Gasteiger partial charge in [0.05, 0.1) is 22.1 Å². The maximum absolute atomic E-state index is 13.7. The Kier molecular flexibility index (Phi) is 7.03. The number of halogens is 1. The summed E-state index contributed by atoms with van der Waals surface area (Å²) in [5, 5.41) is 6.47. The number of aromatic nitrogens is 3. The van der Waals surface area contributed by atoms with Gasteiger partial charge < -0.3 is 9.30 Å². The molecule has 1 aliphatic rings. The fraction of sp³-hybridized carbons (Fsp3) is 0.276. The maximum atomic E-state index is 13.7. The predicted molar refractivity (Wildman–Crippen MR) is 144 cm³/mol. The fourth-order valence-electron chi connectivity index (χ4n) is 5.06. The number of rotatable bonds is 4. The summed E-state index contributed by atoms with van der Waals surface area (Å²) in [6, 6.07) is 20.2. The molecule has 1 unspecified atom stereocenters. The van der Waals surface area contributed by atoms with E-state index in [0.717, 1.165) is 53.5 Å². The normalized spacial score (nSPS) is 15.1. The Bertz CT molecular complexity index is 1520. The number of hydrogen-bond acceptors (Lipinski definition) is 3. The van der Waals surface area contributed by atoms with Crippen molar-refractivity contribution in [3.63, 3.8) is 0 Å². The summed E-state index contributed by atoms with van der Waals surface area (Å²) in [4.78, 5) is 0.705. The van der Waals surface area contributed by atoms with Gasteiger partial charge in [0, 0.05) is 41.3 Å². The third kappa shape index (κ3) is 4.27. The summed E-state index contributed by atoms with van der Waals surface area (Å²) >= 11 is 0. The molecule has 5 nitrogen and oxygen atoms in total. The van der Waals surface area contributed by atoms with Crippen LogP contribution in [0.25, 0.3) is 27.5 Å². The second-order valence-corrected chi connectivity index (χ2v) is 10.0. The molecule has 0 saturated carbocycles. The van der Waals surface area contributed by atoms with Crippen LogP contribution in [0.15, 0.2) is 77.8 Å². The predicted octanol–water partition coefficient (Wildman–Crippen LogP) is 6.92. The molecule has 186 valence electrons. The molecule has 1 fully saturated rings. The van der Waals surface area contributed by atoms with E-state index in [4.69, 9.17) is 4.74 Å². The molecular weight excluding hydrogens is 473 g/mol. The summed E-state index contributed by atoms with van der Waals surface area (Å²) in [6.07, 6.45) is 3.66. The first kappa shape index (κ1) is 24.4. The third-order valence-corrected chi connectivity index (χ3v) is 8.00. The van der Waals surface area contributed by atoms with E-state index >= 15 is 0 Å². The van der Waals surface area contributed by atoms with Crippen molar-refractivity contribution in [3.05, 3.63) is 90.0 Å². The van der Waals surface area contributed by atoms with E-state index < -0.39 is 11.0 Å². The minimum absolute atomic E-state index is 0.253. The van der Waals surface area contributed by atoms with Crippen LogP contribution in [0.5, 0.6) is 0 Å². The van der Waals surface area contributed by atoms with Gasteiger partial charge in [0.1, 0.15) is 5.82 Å². The van der Waals surface area contributed by atoms with Crippen LogP contribution in [0.1, 0.15) is 43.9 Å². The highest BCUT2D eigenvalue weighted by atomic mass is 32.2. The van der Waals surface area contributed by atoms with E-state index in [1.165, 1.54) is 23.4 Å². The topological polar surface area (TPSA) is 49.0 Å². The quantitative estimate of drug-likeness (QED) is 0.267. The molecule has 0 amide bonds. The van der Waals surface area contributed by atoms with Gasteiger partial charge in [-0.2, -0.15) is 9.19 Å². The molecule has 0 radical (unpaired) electrons. The number of hydrogen-bond donors (Lipinski definition) is 0. The Labute approximate surface area is 213 Å². The van der Waals surface area contributed by atoms with Gasteiger partial charge in [-0.05, 0) is 73.9 Å². The van der Waals surface area contributed by atoms with Crippen LogP contribution in [-0.4, -0.2) is 31.2 Å². The number of benzene rings is 3. The van der Waals surface area contributed by atoms with Crippen LogP contribution >= 0.6 is 0 Å². The molecule has 36 heavy (non-hydrogen) atoms. The molecule has 1 saturated heterocycles. The summed E-state index contributed by atoms with van der Waals surface area (Å²) in [5.41, 5.74) is 5.23. The molecule has 3 heterocycles. The monoisotopic (exact) mass is 503 g/mol. The van der Waals surface area contributed by atoms with Gasteiger partial charge in [-0.15, -0.1) is 0 Å². The molecule has 6 rings (SSSR count). The van der Waals surface area contributed by atoms with E-state index in [9.17, 15) is 8.60 Å². The zero-order valence-corrected chi connectivity index (χ0v) is 21.6. The lowest BCUT2D eigenvalue weighted by atomic mass is 9.93. The molecule has 0 N–H and O–H groups in total. The largest absolute Gasteiger partial charge is 0.381 e. The van der Waals surface area contributed by atoms with Gasteiger partial charge in [0.2, 0.25) is 0 Å². The molecule has 0 spiro atoms. The highest BCUT2D eigenvalue weighted by Crippen LogP contribution is 2.39.